The van der Waals surface area contributed by atoms with Gasteiger partial charge in [-0.05, 0) is 19.3 Å². The maximum Gasteiger partial charge on any atom is 0.136 e. The molecule has 0 unspecified atom stereocenters. The summed E-state index contributed by atoms with van der Waals surface area (Å²) in [5, 5.41) is 0.628. The van der Waals surface area contributed by atoms with Gasteiger partial charge in [-0.3, -0.25) is 0 Å². The molecule has 1 aromatic heterocycles. The minimum atomic E-state index is 0.387. The van der Waals surface area contributed by atoms with Crippen molar-refractivity contribution >= 4 is 11.6 Å². The van der Waals surface area contributed by atoms with Crippen LogP contribution >= 0.6 is 11.6 Å². The van der Waals surface area contributed by atoms with Gasteiger partial charge in [0.1, 0.15) is 11.0 Å². The van der Waals surface area contributed by atoms with Crippen molar-refractivity contribution in [1.82, 2.24) is 9.97 Å². The highest BCUT2D eigenvalue weighted by atomic mass is 35.5. The van der Waals surface area contributed by atoms with Gasteiger partial charge in [0, 0.05) is 17.7 Å². The molecule has 0 bridgehead atoms. The molecule has 84 valence electrons. The summed E-state index contributed by atoms with van der Waals surface area (Å²) in [7, 11) is 0. The second kappa shape index (κ2) is 5.45. The smallest absolute Gasteiger partial charge is 0.136 e. The zero-order chi connectivity index (χ0) is 11.4. The van der Waals surface area contributed by atoms with E-state index in [-0.39, 0.29) is 0 Å². The zero-order valence-electron chi connectivity index (χ0n) is 9.97. The second-order valence-electron chi connectivity index (χ2n) is 4.19. The molecule has 2 nitrogen and oxygen atoms in total. The first kappa shape index (κ1) is 12.4. The fraction of sp³-hybridized carbons (Fsp3) is 0.667. The van der Waals surface area contributed by atoms with Gasteiger partial charge >= 0.3 is 0 Å². The van der Waals surface area contributed by atoms with Gasteiger partial charge in [0.15, 0.2) is 0 Å². The first-order valence-electron chi connectivity index (χ1n) is 5.59. The molecule has 1 heterocycles. The minimum absolute atomic E-state index is 0.387. The summed E-state index contributed by atoms with van der Waals surface area (Å²) in [6.07, 6.45) is 3.21. The Kier molecular flexibility index (Phi) is 4.52. The van der Waals surface area contributed by atoms with Gasteiger partial charge in [0.05, 0.1) is 0 Å². The highest BCUT2D eigenvalue weighted by Crippen LogP contribution is 2.25. The molecule has 0 saturated heterocycles. The summed E-state index contributed by atoms with van der Waals surface area (Å²) in [5.74, 6) is 1.27. The quantitative estimate of drug-likeness (QED) is 0.728. The van der Waals surface area contributed by atoms with Crippen LogP contribution in [-0.4, -0.2) is 9.97 Å². The van der Waals surface area contributed by atoms with Crippen molar-refractivity contribution in [3.63, 3.8) is 0 Å². The van der Waals surface area contributed by atoms with Gasteiger partial charge in [-0.2, -0.15) is 0 Å². The molecule has 0 amide bonds. The topological polar surface area (TPSA) is 25.8 Å². The Hall–Kier alpha value is -0.630. The Morgan fingerprint density at radius 1 is 1.27 bits per heavy atom. The predicted octanol–water partition coefficient (Wildman–Crippen LogP) is 3.90. The van der Waals surface area contributed by atoms with Gasteiger partial charge in [0.2, 0.25) is 0 Å². The molecule has 0 aromatic carbocycles. The molecular formula is C12H19ClN2. The summed E-state index contributed by atoms with van der Waals surface area (Å²) in [5.41, 5.74) is 2.10. The van der Waals surface area contributed by atoms with E-state index < -0.39 is 0 Å². The minimum Gasteiger partial charge on any atom is -0.238 e. The van der Waals surface area contributed by atoms with Gasteiger partial charge in [-0.25, -0.2) is 9.97 Å². The molecule has 0 aliphatic rings. The Morgan fingerprint density at radius 2 is 1.93 bits per heavy atom. The van der Waals surface area contributed by atoms with Crippen LogP contribution in [0.15, 0.2) is 0 Å². The highest BCUT2D eigenvalue weighted by molar-refractivity contribution is 6.30. The van der Waals surface area contributed by atoms with Crippen LogP contribution in [0.25, 0.3) is 0 Å². The second-order valence-corrected chi connectivity index (χ2v) is 4.55. The van der Waals surface area contributed by atoms with Crippen molar-refractivity contribution in [1.29, 1.82) is 0 Å². The van der Waals surface area contributed by atoms with E-state index in [1.54, 1.807) is 0 Å². The number of hydrogen-bond donors (Lipinski definition) is 0. The molecular weight excluding hydrogens is 208 g/mol. The normalized spacial score (nSPS) is 11.1. The molecule has 3 heteroatoms. The standard InChI is InChI=1S/C12H19ClN2/c1-5-6-7-10-14-9(4)11(8(2)3)12(13)15-10/h8H,5-7H2,1-4H3. The Bertz CT molecular complexity index is 311. The monoisotopic (exact) mass is 226 g/mol. The van der Waals surface area contributed by atoms with Crippen LogP contribution in [0, 0.1) is 6.92 Å². The van der Waals surface area contributed by atoms with E-state index >= 15 is 0 Å². The Balaban J connectivity index is 2.97. The largest absolute Gasteiger partial charge is 0.238 e. The number of aromatic nitrogens is 2. The lowest BCUT2D eigenvalue weighted by atomic mass is 10.0. The maximum atomic E-state index is 6.16. The van der Waals surface area contributed by atoms with Crippen LogP contribution in [0.1, 0.15) is 56.6 Å². The number of nitrogens with zero attached hydrogens (tertiary/aromatic N) is 2. The van der Waals surface area contributed by atoms with Crippen LogP contribution < -0.4 is 0 Å². The van der Waals surface area contributed by atoms with Crippen molar-refractivity contribution in [2.45, 2.75) is 52.9 Å². The molecule has 15 heavy (non-hydrogen) atoms. The number of hydrogen-bond acceptors (Lipinski definition) is 2. The SMILES string of the molecule is CCCCc1nc(C)c(C(C)C)c(Cl)n1. The molecule has 0 N–H and O–H groups in total. The third-order valence-corrected chi connectivity index (χ3v) is 2.76. The highest BCUT2D eigenvalue weighted by Gasteiger charge is 2.12. The van der Waals surface area contributed by atoms with E-state index in [4.69, 9.17) is 11.6 Å². The molecule has 0 aliphatic heterocycles. The number of rotatable bonds is 4. The molecule has 0 saturated carbocycles. The third kappa shape index (κ3) is 3.16. The van der Waals surface area contributed by atoms with E-state index in [0.717, 1.165) is 36.3 Å². The fourth-order valence-corrected chi connectivity index (χ4v) is 2.16. The number of halogens is 1. The lowest BCUT2D eigenvalue weighted by Gasteiger charge is -2.11. The van der Waals surface area contributed by atoms with E-state index in [0.29, 0.717) is 11.1 Å². The van der Waals surface area contributed by atoms with Crippen LogP contribution in [0.2, 0.25) is 5.15 Å². The summed E-state index contributed by atoms with van der Waals surface area (Å²) >= 11 is 6.16. The Labute approximate surface area is 97.1 Å². The number of unbranched alkanes of at least 4 members (excludes halogenated alkanes) is 1. The maximum absolute atomic E-state index is 6.16. The van der Waals surface area contributed by atoms with Crippen molar-refractivity contribution in [2.75, 3.05) is 0 Å². The van der Waals surface area contributed by atoms with Crippen molar-refractivity contribution in [3.05, 3.63) is 22.2 Å². The van der Waals surface area contributed by atoms with E-state index in [2.05, 4.69) is 30.7 Å². The van der Waals surface area contributed by atoms with Crippen LogP contribution in [0.4, 0.5) is 0 Å². The van der Waals surface area contributed by atoms with Crippen molar-refractivity contribution in [3.8, 4) is 0 Å². The molecule has 0 aliphatic carbocycles. The summed E-state index contributed by atoms with van der Waals surface area (Å²) in [6.45, 7) is 8.40. The zero-order valence-corrected chi connectivity index (χ0v) is 10.7. The van der Waals surface area contributed by atoms with Gasteiger partial charge in [-0.1, -0.05) is 38.8 Å². The van der Waals surface area contributed by atoms with Crippen molar-refractivity contribution in [2.24, 2.45) is 0 Å². The predicted molar refractivity (Wildman–Crippen MR) is 64.5 cm³/mol. The van der Waals surface area contributed by atoms with Gasteiger partial charge < -0.3 is 0 Å². The first-order valence-corrected chi connectivity index (χ1v) is 5.97. The van der Waals surface area contributed by atoms with Crippen LogP contribution in [0.3, 0.4) is 0 Å². The number of aryl methyl sites for hydroxylation is 2. The third-order valence-electron chi connectivity index (χ3n) is 2.47. The first-order chi connectivity index (χ1) is 7.06. The molecule has 1 rings (SSSR count). The summed E-state index contributed by atoms with van der Waals surface area (Å²) in [6, 6.07) is 0. The average Bonchev–Trinajstić information content (AvgIpc) is 2.12. The lowest BCUT2D eigenvalue weighted by Crippen LogP contribution is -2.04. The molecule has 0 spiro atoms. The molecule has 0 fully saturated rings. The van der Waals surface area contributed by atoms with Crippen molar-refractivity contribution < 1.29 is 0 Å². The molecule has 0 radical (unpaired) electrons. The van der Waals surface area contributed by atoms with Crippen LogP contribution in [-0.2, 0) is 6.42 Å². The fourth-order valence-electron chi connectivity index (χ4n) is 1.70. The van der Waals surface area contributed by atoms with Gasteiger partial charge in [0.25, 0.3) is 0 Å². The van der Waals surface area contributed by atoms with E-state index in [1.165, 1.54) is 0 Å². The van der Waals surface area contributed by atoms with E-state index in [9.17, 15) is 0 Å². The Morgan fingerprint density at radius 3 is 2.40 bits per heavy atom. The van der Waals surface area contributed by atoms with Gasteiger partial charge in [-0.15, -0.1) is 0 Å². The average molecular weight is 227 g/mol. The van der Waals surface area contributed by atoms with Crippen LogP contribution in [0.5, 0.6) is 0 Å². The van der Waals surface area contributed by atoms with E-state index in [1.807, 2.05) is 6.92 Å². The lowest BCUT2D eigenvalue weighted by molar-refractivity contribution is 0.734. The summed E-state index contributed by atoms with van der Waals surface area (Å²) < 4.78 is 0. The summed E-state index contributed by atoms with van der Waals surface area (Å²) in [4.78, 5) is 8.84. The molecule has 0 atom stereocenters. The molecule has 1 aromatic rings.